The van der Waals surface area contributed by atoms with E-state index < -0.39 is 11.7 Å². The van der Waals surface area contributed by atoms with Crippen LogP contribution in [0.5, 0.6) is 0 Å². The molecule has 2 aromatic rings. The van der Waals surface area contributed by atoms with E-state index in [0.717, 1.165) is 22.5 Å². The maximum Gasteiger partial charge on any atom is 0.407 e. The van der Waals surface area contributed by atoms with Crippen molar-refractivity contribution in [2.75, 3.05) is 11.5 Å². The number of carbonyl (C=O) groups excluding carboxylic acids is 1. The lowest BCUT2D eigenvalue weighted by Crippen LogP contribution is -2.32. The van der Waals surface area contributed by atoms with Gasteiger partial charge in [-0.2, -0.15) is 0 Å². The molecule has 8 nitrogen and oxygen atoms in total. The van der Waals surface area contributed by atoms with Crippen molar-refractivity contribution in [2.24, 2.45) is 5.73 Å². The Morgan fingerprint density at radius 3 is 1.89 bits per heavy atom. The Morgan fingerprint density at radius 2 is 1.48 bits per heavy atom. The number of alkyl carbamates (subject to hydrolysis) is 1. The van der Waals surface area contributed by atoms with Crippen molar-refractivity contribution in [3.63, 3.8) is 0 Å². The molecule has 0 radical (unpaired) electrons. The van der Waals surface area contributed by atoms with E-state index in [1.54, 1.807) is 12.1 Å². The number of hydrogen-bond donors (Lipinski definition) is 4. The monoisotopic (exact) mass is 374 g/mol. The summed E-state index contributed by atoms with van der Waals surface area (Å²) in [5.41, 5.74) is 19.6. The SMILES string of the molecule is Cc1nc(N)ccc1CN.Cc1nc(N)ccc1CNC(=O)OC(C)(C)C. The quantitative estimate of drug-likeness (QED) is 0.646. The highest BCUT2D eigenvalue weighted by Crippen LogP contribution is 2.09. The zero-order valence-corrected chi connectivity index (χ0v) is 16.7. The van der Waals surface area contributed by atoms with Gasteiger partial charge in [-0.1, -0.05) is 12.1 Å². The maximum absolute atomic E-state index is 11.4. The van der Waals surface area contributed by atoms with Crippen LogP contribution in [0.1, 0.15) is 43.3 Å². The van der Waals surface area contributed by atoms with Gasteiger partial charge in [0.25, 0.3) is 0 Å². The molecule has 2 aromatic heterocycles. The molecule has 0 unspecified atom stereocenters. The van der Waals surface area contributed by atoms with Gasteiger partial charge in [0.1, 0.15) is 17.2 Å². The standard InChI is InChI=1S/C12H19N3O2.C7H11N3/c1-8-9(5-6-10(13)15-8)7-14-11(16)17-12(2,3)4;1-5-6(4-8)2-3-7(9)10-5/h5-6H,7H2,1-4H3,(H2,13,15)(H,14,16);2-3H,4,8H2,1H3,(H2,9,10). The number of nitrogens with one attached hydrogen (secondary N) is 1. The summed E-state index contributed by atoms with van der Waals surface area (Å²) in [7, 11) is 0. The first-order chi connectivity index (χ1) is 12.5. The van der Waals surface area contributed by atoms with Crippen LogP contribution in [0.25, 0.3) is 0 Å². The highest BCUT2D eigenvalue weighted by atomic mass is 16.6. The summed E-state index contributed by atoms with van der Waals surface area (Å²) in [6.45, 7) is 10.1. The number of amides is 1. The summed E-state index contributed by atoms with van der Waals surface area (Å²) >= 11 is 0. The van der Waals surface area contributed by atoms with E-state index in [2.05, 4.69) is 15.3 Å². The number of pyridine rings is 2. The van der Waals surface area contributed by atoms with Crippen molar-refractivity contribution >= 4 is 17.7 Å². The second-order valence-corrected chi connectivity index (χ2v) is 7.02. The smallest absolute Gasteiger partial charge is 0.407 e. The van der Waals surface area contributed by atoms with Crippen LogP contribution >= 0.6 is 0 Å². The van der Waals surface area contributed by atoms with Crippen molar-refractivity contribution < 1.29 is 9.53 Å². The molecule has 8 heteroatoms. The number of aromatic nitrogens is 2. The minimum atomic E-state index is -0.488. The van der Waals surface area contributed by atoms with E-state index >= 15 is 0 Å². The van der Waals surface area contributed by atoms with E-state index in [9.17, 15) is 4.79 Å². The second kappa shape index (κ2) is 9.72. The third kappa shape index (κ3) is 8.37. The van der Waals surface area contributed by atoms with Gasteiger partial charge in [0.15, 0.2) is 0 Å². The fraction of sp³-hybridized carbons (Fsp3) is 0.421. The lowest BCUT2D eigenvalue weighted by Gasteiger charge is -2.19. The lowest BCUT2D eigenvalue weighted by molar-refractivity contribution is 0.0523. The van der Waals surface area contributed by atoms with E-state index in [1.165, 1.54) is 0 Å². The molecule has 0 aromatic carbocycles. The Morgan fingerprint density at radius 1 is 1.00 bits per heavy atom. The molecule has 0 aliphatic carbocycles. The summed E-state index contributed by atoms with van der Waals surface area (Å²) in [6.07, 6.45) is -0.436. The Labute approximate surface area is 160 Å². The molecule has 7 N–H and O–H groups in total. The molecule has 0 atom stereocenters. The Balaban J connectivity index is 0.000000309. The molecule has 2 heterocycles. The van der Waals surface area contributed by atoms with Gasteiger partial charge in [-0.05, 0) is 57.9 Å². The summed E-state index contributed by atoms with van der Waals surface area (Å²) in [6, 6.07) is 7.21. The second-order valence-electron chi connectivity index (χ2n) is 7.02. The Bertz CT molecular complexity index is 771. The molecule has 0 saturated heterocycles. The van der Waals surface area contributed by atoms with Crippen LogP contribution in [0.2, 0.25) is 0 Å². The third-order valence-electron chi connectivity index (χ3n) is 3.48. The highest BCUT2D eigenvalue weighted by Gasteiger charge is 2.15. The minimum Gasteiger partial charge on any atom is -0.444 e. The molecule has 2 rings (SSSR count). The number of rotatable bonds is 3. The van der Waals surface area contributed by atoms with Crippen LogP contribution in [0, 0.1) is 13.8 Å². The predicted octanol–water partition coefficient (Wildman–Crippen LogP) is 2.43. The number of carbonyl (C=O) groups is 1. The lowest BCUT2D eigenvalue weighted by atomic mass is 10.2. The van der Waals surface area contributed by atoms with Crippen LogP contribution < -0.4 is 22.5 Å². The van der Waals surface area contributed by atoms with E-state index in [0.29, 0.717) is 24.7 Å². The topological polar surface area (TPSA) is 142 Å². The van der Waals surface area contributed by atoms with Crippen molar-refractivity contribution in [3.8, 4) is 0 Å². The number of aryl methyl sites for hydroxylation is 2. The molecule has 0 aliphatic rings. The van der Waals surface area contributed by atoms with E-state index in [1.807, 2.05) is 46.8 Å². The largest absolute Gasteiger partial charge is 0.444 e. The fourth-order valence-corrected chi connectivity index (χ4v) is 2.10. The normalized spacial score (nSPS) is 10.6. The number of nitrogen functional groups attached to an aromatic ring is 2. The van der Waals surface area contributed by atoms with Crippen LogP contribution in [0.4, 0.5) is 16.4 Å². The molecule has 27 heavy (non-hydrogen) atoms. The first-order valence-electron chi connectivity index (χ1n) is 8.62. The molecule has 1 amide bonds. The zero-order valence-electron chi connectivity index (χ0n) is 16.7. The molecule has 148 valence electrons. The van der Waals surface area contributed by atoms with Gasteiger partial charge in [0.05, 0.1) is 0 Å². The van der Waals surface area contributed by atoms with Gasteiger partial charge in [-0.25, -0.2) is 14.8 Å². The average Bonchev–Trinajstić information content (AvgIpc) is 2.53. The fourth-order valence-electron chi connectivity index (χ4n) is 2.10. The summed E-state index contributed by atoms with van der Waals surface area (Å²) in [5.74, 6) is 1.03. The summed E-state index contributed by atoms with van der Waals surface area (Å²) < 4.78 is 5.13. The number of ether oxygens (including phenoxy) is 1. The van der Waals surface area contributed by atoms with Crippen LogP contribution in [0.3, 0.4) is 0 Å². The highest BCUT2D eigenvalue weighted by molar-refractivity contribution is 5.67. The molecule has 0 aliphatic heterocycles. The number of nitrogens with two attached hydrogens (primary N) is 3. The van der Waals surface area contributed by atoms with Crippen molar-refractivity contribution in [1.29, 1.82) is 0 Å². The number of hydrogen-bond acceptors (Lipinski definition) is 7. The zero-order chi connectivity index (χ0) is 20.6. The molecular formula is C19H30N6O2. The summed E-state index contributed by atoms with van der Waals surface area (Å²) in [4.78, 5) is 19.6. The van der Waals surface area contributed by atoms with Gasteiger partial charge in [0.2, 0.25) is 0 Å². The van der Waals surface area contributed by atoms with Crippen molar-refractivity contribution in [2.45, 2.75) is 53.3 Å². The van der Waals surface area contributed by atoms with E-state index in [4.69, 9.17) is 21.9 Å². The number of nitrogens with zero attached hydrogens (tertiary/aromatic N) is 2. The minimum absolute atomic E-state index is 0.383. The maximum atomic E-state index is 11.4. The van der Waals surface area contributed by atoms with E-state index in [-0.39, 0.29) is 0 Å². The first-order valence-corrected chi connectivity index (χ1v) is 8.62. The Hall–Kier alpha value is -2.87. The average molecular weight is 374 g/mol. The third-order valence-corrected chi connectivity index (χ3v) is 3.48. The van der Waals surface area contributed by atoms with Crippen LogP contribution in [-0.2, 0) is 17.8 Å². The van der Waals surface area contributed by atoms with Crippen molar-refractivity contribution in [1.82, 2.24) is 15.3 Å². The first kappa shape index (κ1) is 22.2. The van der Waals surface area contributed by atoms with Gasteiger partial charge < -0.3 is 27.3 Å². The Kier molecular flexibility index (Phi) is 7.99. The van der Waals surface area contributed by atoms with Crippen LogP contribution in [0.15, 0.2) is 24.3 Å². The van der Waals surface area contributed by atoms with Crippen molar-refractivity contribution in [3.05, 3.63) is 46.8 Å². The molecule has 0 saturated carbocycles. The summed E-state index contributed by atoms with van der Waals surface area (Å²) in [5, 5.41) is 2.67. The van der Waals surface area contributed by atoms with Gasteiger partial charge in [-0.15, -0.1) is 0 Å². The molecule has 0 spiro atoms. The van der Waals surface area contributed by atoms with Crippen LogP contribution in [-0.4, -0.2) is 21.7 Å². The van der Waals surface area contributed by atoms with Gasteiger partial charge in [-0.3, -0.25) is 0 Å². The van der Waals surface area contributed by atoms with Gasteiger partial charge in [0, 0.05) is 24.5 Å². The molecular weight excluding hydrogens is 344 g/mol. The molecule has 0 bridgehead atoms. The van der Waals surface area contributed by atoms with Gasteiger partial charge >= 0.3 is 6.09 Å². The molecule has 0 fully saturated rings. The predicted molar refractivity (Wildman–Crippen MR) is 108 cm³/mol. The number of anilines is 2.